The Bertz CT molecular complexity index is 1320. The maximum atomic E-state index is 12.6. The summed E-state index contributed by atoms with van der Waals surface area (Å²) in [5.74, 6) is 0.334. The number of benzene rings is 2. The first-order valence-corrected chi connectivity index (χ1v) is 11.5. The smallest absolute Gasteiger partial charge is 0.263 e. The van der Waals surface area contributed by atoms with Crippen LogP contribution in [0.15, 0.2) is 71.9 Å². The molecular formula is C21H18N4O4S2. The number of nitrogens with one attached hydrogen (secondary N) is 2. The lowest BCUT2D eigenvalue weighted by atomic mass is 10.2. The van der Waals surface area contributed by atoms with Crippen molar-refractivity contribution in [2.24, 2.45) is 0 Å². The number of rotatable bonds is 7. The molecule has 10 heteroatoms. The second-order valence-electron chi connectivity index (χ2n) is 6.52. The third-order valence-corrected chi connectivity index (χ3v) is 6.86. The summed E-state index contributed by atoms with van der Waals surface area (Å²) in [5, 5.41) is 3.07. The zero-order chi connectivity index (χ0) is 21.8. The number of thiazole rings is 1. The number of ether oxygens (including phenoxy) is 1. The molecule has 2 aromatic carbocycles. The van der Waals surface area contributed by atoms with E-state index >= 15 is 0 Å². The highest BCUT2D eigenvalue weighted by Gasteiger charge is 2.17. The molecular weight excluding hydrogens is 436 g/mol. The third kappa shape index (κ3) is 4.81. The summed E-state index contributed by atoms with van der Waals surface area (Å²) < 4.78 is 33.5. The molecule has 0 aliphatic rings. The molecule has 31 heavy (non-hydrogen) atoms. The van der Waals surface area contributed by atoms with Crippen LogP contribution in [0, 0.1) is 0 Å². The number of anilines is 1. The molecule has 0 saturated carbocycles. The highest BCUT2D eigenvalue weighted by Crippen LogP contribution is 2.29. The first-order chi connectivity index (χ1) is 14.9. The first-order valence-electron chi connectivity index (χ1n) is 9.19. The monoisotopic (exact) mass is 454 g/mol. The van der Waals surface area contributed by atoms with Crippen LogP contribution in [-0.4, -0.2) is 31.4 Å². The number of hydrogen-bond donors (Lipinski definition) is 2. The number of pyridine rings is 1. The fourth-order valence-corrected chi connectivity index (χ4v) is 4.96. The summed E-state index contributed by atoms with van der Waals surface area (Å²) in [4.78, 5) is 20.8. The molecule has 0 aliphatic heterocycles. The molecule has 158 valence electrons. The SMILES string of the molecule is COc1ccc(S(=O)(=O)Nc2nc3ccc(C(=O)NCc4ccncc4)cc3s2)cc1. The zero-order valence-electron chi connectivity index (χ0n) is 16.4. The standard InChI is InChI=1S/C21H18N4O4S2/c1-29-16-3-5-17(6-4-16)31(27,28)25-21-24-18-7-2-15(12-19(18)30-21)20(26)23-13-14-8-10-22-11-9-14/h2-12H,13H2,1H3,(H,23,26)(H,24,25). The van der Waals surface area contributed by atoms with Crippen molar-refractivity contribution in [2.75, 3.05) is 11.8 Å². The summed E-state index contributed by atoms with van der Waals surface area (Å²) >= 11 is 1.16. The molecule has 8 nitrogen and oxygen atoms in total. The van der Waals surface area contributed by atoms with E-state index in [0.717, 1.165) is 16.9 Å². The van der Waals surface area contributed by atoms with Gasteiger partial charge in [0, 0.05) is 24.5 Å². The van der Waals surface area contributed by atoms with Crippen LogP contribution in [0.4, 0.5) is 5.13 Å². The van der Waals surface area contributed by atoms with E-state index in [1.807, 2.05) is 12.1 Å². The highest BCUT2D eigenvalue weighted by molar-refractivity contribution is 7.93. The van der Waals surface area contributed by atoms with Crippen LogP contribution >= 0.6 is 11.3 Å². The molecule has 0 bridgehead atoms. The predicted molar refractivity (Wildman–Crippen MR) is 119 cm³/mol. The van der Waals surface area contributed by atoms with Gasteiger partial charge >= 0.3 is 0 Å². The molecule has 4 rings (SSSR count). The second-order valence-corrected chi connectivity index (χ2v) is 9.23. The van der Waals surface area contributed by atoms with Gasteiger partial charge in [-0.1, -0.05) is 11.3 Å². The van der Waals surface area contributed by atoms with Crippen molar-refractivity contribution in [3.63, 3.8) is 0 Å². The molecule has 4 aromatic rings. The van der Waals surface area contributed by atoms with E-state index < -0.39 is 10.0 Å². The molecule has 0 atom stereocenters. The van der Waals surface area contributed by atoms with Crippen molar-refractivity contribution < 1.29 is 17.9 Å². The molecule has 0 radical (unpaired) electrons. The topological polar surface area (TPSA) is 110 Å². The Hall–Kier alpha value is -3.50. The fraction of sp³-hybridized carbons (Fsp3) is 0.0952. The molecule has 0 unspecified atom stereocenters. The van der Waals surface area contributed by atoms with Gasteiger partial charge in [-0.2, -0.15) is 0 Å². The number of fused-ring (bicyclic) bond motifs is 1. The quantitative estimate of drug-likeness (QED) is 0.443. The number of carbonyl (C=O) groups excluding carboxylic acids is 1. The van der Waals surface area contributed by atoms with E-state index in [2.05, 4.69) is 20.0 Å². The maximum Gasteiger partial charge on any atom is 0.263 e. The molecule has 0 spiro atoms. The number of amides is 1. The van der Waals surface area contributed by atoms with Gasteiger partial charge in [0.15, 0.2) is 5.13 Å². The van der Waals surface area contributed by atoms with Crippen LogP contribution in [0.1, 0.15) is 15.9 Å². The van der Waals surface area contributed by atoms with Gasteiger partial charge in [0.1, 0.15) is 5.75 Å². The van der Waals surface area contributed by atoms with E-state index in [1.54, 1.807) is 42.7 Å². The van der Waals surface area contributed by atoms with Crippen molar-refractivity contribution in [3.05, 3.63) is 78.1 Å². The van der Waals surface area contributed by atoms with E-state index in [4.69, 9.17) is 4.74 Å². The number of nitrogens with zero attached hydrogens (tertiary/aromatic N) is 2. The number of hydrogen-bond acceptors (Lipinski definition) is 7. The van der Waals surface area contributed by atoms with Crippen LogP contribution in [0.2, 0.25) is 0 Å². The van der Waals surface area contributed by atoms with Gasteiger partial charge in [-0.3, -0.25) is 14.5 Å². The average Bonchev–Trinajstić information content (AvgIpc) is 3.18. The molecule has 2 aromatic heterocycles. The normalized spacial score (nSPS) is 11.3. The van der Waals surface area contributed by atoms with E-state index in [0.29, 0.717) is 28.1 Å². The average molecular weight is 455 g/mol. The number of aromatic nitrogens is 2. The van der Waals surface area contributed by atoms with Crippen LogP contribution in [-0.2, 0) is 16.6 Å². The van der Waals surface area contributed by atoms with Crippen molar-refractivity contribution in [1.29, 1.82) is 0 Å². The Kier molecular flexibility index (Phi) is 5.83. The van der Waals surface area contributed by atoms with Gasteiger partial charge in [0.2, 0.25) is 0 Å². The van der Waals surface area contributed by atoms with Gasteiger partial charge in [0.05, 0.1) is 22.2 Å². The summed E-state index contributed by atoms with van der Waals surface area (Å²) in [7, 11) is -2.28. The molecule has 2 heterocycles. The molecule has 0 aliphatic carbocycles. The predicted octanol–water partition coefficient (Wildman–Crippen LogP) is 3.43. The van der Waals surface area contributed by atoms with E-state index in [-0.39, 0.29) is 15.9 Å². The molecule has 1 amide bonds. The van der Waals surface area contributed by atoms with Gasteiger partial charge < -0.3 is 10.1 Å². The molecule has 2 N–H and O–H groups in total. The maximum absolute atomic E-state index is 12.6. The highest BCUT2D eigenvalue weighted by atomic mass is 32.2. The Morgan fingerprint density at radius 3 is 2.52 bits per heavy atom. The Labute approximate surface area is 183 Å². The van der Waals surface area contributed by atoms with Crippen molar-refractivity contribution >= 4 is 42.6 Å². The van der Waals surface area contributed by atoms with Gasteiger partial charge in [-0.05, 0) is 60.2 Å². The lowest BCUT2D eigenvalue weighted by Gasteiger charge is -2.05. The number of methoxy groups -OCH3 is 1. The third-order valence-electron chi connectivity index (χ3n) is 4.44. The second kappa shape index (κ2) is 8.70. The Morgan fingerprint density at radius 1 is 1.06 bits per heavy atom. The Morgan fingerprint density at radius 2 is 1.81 bits per heavy atom. The van der Waals surface area contributed by atoms with Gasteiger partial charge in [0.25, 0.3) is 15.9 Å². The number of carbonyl (C=O) groups is 1. The van der Waals surface area contributed by atoms with E-state index in [1.165, 1.54) is 19.2 Å². The largest absolute Gasteiger partial charge is 0.497 e. The van der Waals surface area contributed by atoms with Gasteiger partial charge in [-0.25, -0.2) is 13.4 Å². The minimum atomic E-state index is -3.79. The van der Waals surface area contributed by atoms with E-state index in [9.17, 15) is 13.2 Å². The van der Waals surface area contributed by atoms with Crippen molar-refractivity contribution in [3.8, 4) is 5.75 Å². The van der Waals surface area contributed by atoms with Crippen molar-refractivity contribution in [2.45, 2.75) is 11.4 Å². The van der Waals surface area contributed by atoms with Crippen LogP contribution in [0.5, 0.6) is 5.75 Å². The zero-order valence-corrected chi connectivity index (χ0v) is 18.0. The molecule has 0 fully saturated rings. The van der Waals surface area contributed by atoms with Crippen LogP contribution in [0.25, 0.3) is 10.2 Å². The molecule has 0 saturated heterocycles. The van der Waals surface area contributed by atoms with Crippen LogP contribution in [0.3, 0.4) is 0 Å². The minimum absolute atomic E-state index is 0.101. The Balaban J connectivity index is 1.49. The summed E-state index contributed by atoms with van der Waals surface area (Å²) in [6.07, 6.45) is 3.33. The fourth-order valence-electron chi connectivity index (χ4n) is 2.82. The summed E-state index contributed by atoms with van der Waals surface area (Å²) in [5.41, 5.74) is 2.01. The summed E-state index contributed by atoms with van der Waals surface area (Å²) in [6, 6.07) is 14.8. The summed E-state index contributed by atoms with van der Waals surface area (Å²) in [6.45, 7) is 0.384. The number of sulfonamides is 1. The first kappa shape index (κ1) is 20.8. The van der Waals surface area contributed by atoms with Crippen LogP contribution < -0.4 is 14.8 Å². The minimum Gasteiger partial charge on any atom is -0.497 e. The van der Waals surface area contributed by atoms with Gasteiger partial charge in [-0.15, -0.1) is 0 Å². The van der Waals surface area contributed by atoms with Crippen molar-refractivity contribution in [1.82, 2.24) is 15.3 Å². The lowest BCUT2D eigenvalue weighted by Crippen LogP contribution is -2.22. The lowest BCUT2D eigenvalue weighted by molar-refractivity contribution is 0.0951.